The number of likely N-dealkylation sites (tertiary alicyclic amines) is 1. The van der Waals surface area contributed by atoms with Crippen molar-refractivity contribution < 1.29 is 9.21 Å². The third kappa shape index (κ3) is 3.23. The maximum Gasteiger partial charge on any atom is 0.322 e. The van der Waals surface area contributed by atoms with E-state index in [0.29, 0.717) is 18.1 Å². The summed E-state index contributed by atoms with van der Waals surface area (Å²) in [6.07, 6.45) is 7.51. The lowest BCUT2D eigenvalue weighted by molar-refractivity contribution is 0.159. The molecule has 1 saturated heterocycles. The van der Waals surface area contributed by atoms with Crippen molar-refractivity contribution in [2.75, 3.05) is 11.9 Å². The summed E-state index contributed by atoms with van der Waals surface area (Å²) < 4.78 is 5.31. The fraction of sp³-hybridized carbons (Fsp3) is 0.294. The Morgan fingerprint density at radius 3 is 3.08 bits per heavy atom. The maximum absolute atomic E-state index is 12.8. The number of hydrogen-bond donors (Lipinski definition) is 2. The van der Waals surface area contributed by atoms with Crippen molar-refractivity contribution in [2.24, 2.45) is 0 Å². The molecule has 0 saturated carbocycles. The molecule has 1 atom stereocenters. The standard InChI is InChI=1S/C17H18N6O2/c24-17(23-8-2-1-6-14(23)15-19-11-20-22-15)21-13-5-3-4-12(10-13)16-18-7-9-25-16/h3-5,7,9-11,14H,1-2,6,8H2,(H,21,24)(H,19,20,22)/t14-/m0/s1. The van der Waals surface area contributed by atoms with Gasteiger partial charge in [-0.2, -0.15) is 5.10 Å². The Kier molecular flexibility index (Phi) is 4.16. The van der Waals surface area contributed by atoms with E-state index in [2.05, 4.69) is 25.5 Å². The fourth-order valence-corrected chi connectivity index (χ4v) is 3.13. The lowest BCUT2D eigenvalue weighted by atomic mass is 10.0. The number of carbonyl (C=O) groups excluding carboxylic acids is 1. The van der Waals surface area contributed by atoms with E-state index in [1.165, 1.54) is 12.6 Å². The topological polar surface area (TPSA) is 99.9 Å². The van der Waals surface area contributed by atoms with Gasteiger partial charge in [-0.25, -0.2) is 14.8 Å². The van der Waals surface area contributed by atoms with Gasteiger partial charge in [0.25, 0.3) is 0 Å². The van der Waals surface area contributed by atoms with Gasteiger partial charge in [-0.1, -0.05) is 6.07 Å². The molecule has 0 aliphatic carbocycles. The lowest BCUT2D eigenvalue weighted by Crippen LogP contribution is -2.41. The van der Waals surface area contributed by atoms with Crippen molar-refractivity contribution in [3.8, 4) is 11.5 Å². The van der Waals surface area contributed by atoms with E-state index in [4.69, 9.17) is 4.42 Å². The summed E-state index contributed by atoms with van der Waals surface area (Å²) in [5.41, 5.74) is 1.51. The Morgan fingerprint density at radius 2 is 2.28 bits per heavy atom. The molecule has 1 aliphatic rings. The van der Waals surface area contributed by atoms with Crippen LogP contribution in [0.4, 0.5) is 10.5 Å². The number of oxazole rings is 1. The molecule has 8 nitrogen and oxygen atoms in total. The van der Waals surface area contributed by atoms with Crippen LogP contribution in [0, 0.1) is 0 Å². The number of anilines is 1. The third-order valence-electron chi connectivity index (χ3n) is 4.31. The molecule has 8 heteroatoms. The number of rotatable bonds is 3. The van der Waals surface area contributed by atoms with E-state index in [1.807, 2.05) is 29.2 Å². The van der Waals surface area contributed by atoms with Crippen LogP contribution in [0.2, 0.25) is 0 Å². The molecule has 1 aliphatic heterocycles. The summed E-state index contributed by atoms with van der Waals surface area (Å²) in [5, 5.41) is 9.74. The van der Waals surface area contributed by atoms with Crippen LogP contribution in [-0.2, 0) is 0 Å². The normalized spacial score (nSPS) is 17.4. The first-order valence-electron chi connectivity index (χ1n) is 8.24. The molecule has 1 fully saturated rings. The number of nitrogens with zero attached hydrogens (tertiary/aromatic N) is 4. The van der Waals surface area contributed by atoms with Gasteiger partial charge in [-0.15, -0.1) is 0 Å². The molecular formula is C17H18N6O2. The predicted octanol–water partition coefficient (Wildman–Crippen LogP) is 3.22. The highest BCUT2D eigenvalue weighted by Gasteiger charge is 2.30. The summed E-state index contributed by atoms with van der Waals surface area (Å²) in [4.78, 5) is 22.9. The van der Waals surface area contributed by atoms with Crippen LogP contribution in [0.25, 0.3) is 11.5 Å². The number of hydrogen-bond acceptors (Lipinski definition) is 5. The molecular weight excluding hydrogens is 320 g/mol. The van der Waals surface area contributed by atoms with Crippen LogP contribution in [-0.4, -0.2) is 37.6 Å². The van der Waals surface area contributed by atoms with Gasteiger partial charge < -0.3 is 14.6 Å². The number of amides is 2. The number of H-pyrrole nitrogens is 1. The van der Waals surface area contributed by atoms with Crippen molar-refractivity contribution >= 4 is 11.7 Å². The van der Waals surface area contributed by atoms with Gasteiger partial charge in [-0.05, 0) is 37.5 Å². The predicted molar refractivity (Wildman–Crippen MR) is 90.6 cm³/mol. The van der Waals surface area contributed by atoms with Crippen LogP contribution < -0.4 is 5.32 Å². The van der Waals surface area contributed by atoms with Gasteiger partial charge in [0.2, 0.25) is 5.89 Å². The molecule has 128 valence electrons. The maximum atomic E-state index is 12.8. The van der Waals surface area contributed by atoms with Crippen molar-refractivity contribution in [1.82, 2.24) is 25.1 Å². The van der Waals surface area contributed by atoms with Crippen LogP contribution in [0.15, 0.2) is 47.5 Å². The van der Waals surface area contributed by atoms with E-state index < -0.39 is 0 Å². The molecule has 2 aromatic heterocycles. The van der Waals surface area contributed by atoms with Crippen molar-refractivity contribution in [2.45, 2.75) is 25.3 Å². The van der Waals surface area contributed by atoms with Crippen molar-refractivity contribution in [3.05, 3.63) is 48.9 Å². The van der Waals surface area contributed by atoms with Gasteiger partial charge in [0.05, 0.1) is 12.2 Å². The number of carbonyl (C=O) groups is 1. The van der Waals surface area contributed by atoms with Gasteiger partial charge >= 0.3 is 6.03 Å². The quantitative estimate of drug-likeness (QED) is 0.764. The van der Waals surface area contributed by atoms with Gasteiger partial charge in [-0.3, -0.25) is 5.10 Å². The summed E-state index contributed by atoms with van der Waals surface area (Å²) in [7, 11) is 0. The molecule has 25 heavy (non-hydrogen) atoms. The molecule has 0 unspecified atom stereocenters. The smallest absolute Gasteiger partial charge is 0.322 e. The largest absolute Gasteiger partial charge is 0.445 e. The monoisotopic (exact) mass is 338 g/mol. The van der Waals surface area contributed by atoms with Crippen molar-refractivity contribution in [1.29, 1.82) is 0 Å². The summed E-state index contributed by atoms with van der Waals surface area (Å²) in [6.45, 7) is 0.691. The molecule has 3 heterocycles. The molecule has 4 rings (SSSR count). The van der Waals surface area contributed by atoms with E-state index in [0.717, 1.165) is 30.7 Å². The number of aromatic amines is 1. The highest BCUT2D eigenvalue weighted by atomic mass is 16.3. The minimum atomic E-state index is -0.148. The highest BCUT2D eigenvalue weighted by molar-refractivity contribution is 5.90. The summed E-state index contributed by atoms with van der Waals surface area (Å²) in [5.74, 6) is 1.25. The van der Waals surface area contributed by atoms with Gasteiger partial charge in [0.1, 0.15) is 18.4 Å². The average Bonchev–Trinajstić information content (AvgIpc) is 3.36. The first kappa shape index (κ1) is 15.4. The second kappa shape index (κ2) is 6.76. The zero-order valence-electron chi connectivity index (χ0n) is 13.6. The Morgan fingerprint density at radius 1 is 1.32 bits per heavy atom. The molecule has 1 aromatic carbocycles. The van der Waals surface area contributed by atoms with E-state index in [9.17, 15) is 4.79 Å². The molecule has 2 N–H and O–H groups in total. The SMILES string of the molecule is O=C(Nc1cccc(-c2ncco2)c1)N1CCCC[C@H]1c1ncn[nH]1. The number of piperidine rings is 1. The lowest BCUT2D eigenvalue weighted by Gasteiger charge is -2.34. The zero-order chi connectivity index (χ0) is 17.1. The number of benzene rings is 1. The zero-order valence-corrected chi connectivity index (χ0v) is 13.6. The molecule has 2 amide bonds. The molecule has 0 spiro atoms. The third-order valence-corrected chi connectivity index (χ3v) is 4.31. The molecule has 3 aromatic rings. The Labute approximate surface area is 144 Å². The summed E-state index contributed by atoms with van der Waals surface area (Å²) >= 11 is 0. The van der Waals surface area contributed by atoms with Gasteiger partial charge in [0, 0.05) is 17.8 Å². The minimum absolute atomic E-state index is 0.0776. The van der Waals surface area contributed by atoms with Gasteiger partial charge in [0.15, 0.2) is 0 Å². The van der Waals surface area contributed by atoms with E-state index in [-0.39, 0.29) is 12.1 Å². The van der Waals surface area contributed by atoms with E-state index >= 15 is 0 Å². The van der Waals surface area contributed by atoms with Crippen LogP contribution in [0.3, 0.4) is 0 Å². The Bertz CT molecular complexity index is 831. The van der Waals surface area contributed by atoms with E-state index in [1.54, 1.807) is 6.20 Å². The second-order valence-corrected chi connectivity index (χ2v) is 5.92. The number of aromatic nitrogens is 4. The first-order valence-corrected chi connectivity index (χ1v) is 8.24. The molecule has 0 radical (unpaired) electrons. The average molecular weight is 338 g/mol. The molecule has 0 bridgehead atoms. The van der Waals surface area contributed by atoms with Crippen LogP contribution in [0.1, 0.15) is 31.1 Å². The number of nitrogens with one attached hydrogen (secondary N) is 2. The number of urea groups is 1. The Hall–Kier alpha value is -3.16. The highest BCUT2D eigenvalue weighted by Crippen LogP contribution is 2.29. The Balaban J connectivity index is 1.52. The fourth-order valence-electron chi connectivity index (χ4n) is 3.13. The minimum Gasteiger partial charge on any atom is -0.445 e. The second-order valence-electron chi connectivity index (χ2n) is 5.92. The van der Waals surface area contributed by atoms with Crippen LogP contribution >= 0.6 is 0 Å². The van der Waals surface area contributed by atoms with Crippen LogP contribution in [0.5, 0.6) is 0 Å². The first-order chi connectivity index (χ1) is 12.3. The summed E-state index contributed by atoms with van der Waals surface area (Å²) in [6, 6.07) is 7.21. The van der Waals surface area contributed by atoms with Crippen molar-refractivity contribution in [3.63, 3.8) is 0 Å².